The molecule has 3 aromatic rings. The van der Waals surface area contributed by atoms with Gasteiger partial charge in [0.2, 0.25) is 5.91 Å². The van der Waals surface area contributed by atoms with Crippen molar-refractivity contribution in [2.45, 2.75) is 32.4 Å². The summed E-state index contributed by atoms with van der Waals surface area (Å²) in [5.41, 5.74) is 1.84. The quantitative estimate of drug-likeness (QED) is 0.376. The van der Waals surface area contributed by atoms with Crippen molar-refractivity contribution in [3.63, 3.8) is 0 Å². The number of rotatable bonds is 11. The van der Waals surface area contributed by atoms with E-state index < -0.39 is 6.04 Å². The summed E-state index contributed by atoms with van der Waals surface area (Å²) in [6.45, 7) is 2.48. The highest BCUT2D eigenvalue weighted by Gasteiger charge is 2.30. The molecule has 0 saturated carbocycles. The second kappa shape index (κ2) is 12.9. The minimum Gasteiger partial charge on any atom is -0.484 e. The zero-order chi connectivity index (χ0) is 24.3. The van der Waals surface area contributed by atoms with Gasteiger partial charge >= 0.3 is 0 Å². The maximum atomic E-state index is 13.4. The van der Waals surface area contributed by atoms with E-state index >= 15 is 0 Å². The molecule has 1 N–H and O–H groups in total. The highest BCUT2D eigenvalue weighted by molar-refractivity contribution is 9.10. The summed E-state index contributed by atoms with van der Waals surface area (Å²) in [5.74, 6) is -0.544. The largest absolute Gasteiger partial charge is 0.484 e. The summed E-state index contributed by atoms with van der Waals surface area (Å²) < 4.78 is 19.8. The normalized spacial score (nSPS) is 11.5. The number of benzene rings is 3. The molecule has 0 heterocycles. The Morgan fingerprint density at radius 1 is 0.971 bits per heavy atom. The molecule has 0 aliphatic rings. The molecular weight excluding hydrogens is 499 g/mol. The molecule has 5 nitrogen and oxygen atoms in total. The molecule has 3 rings (SSSR count). The van der Waals surface area contributed by atoms with Gasteiger partial charge in [0.1, 0.15) is 17.6 Å². The molecule has 0 fully saturated rings. The van der Waals surface area contributed by atoms with Crippen LogP contribution in [0.3, 0.4) is 0 Å². The van der Waals surface area contributed by atoms with E-state index in [0.717, 1.165) is 22.0 Å². The SMILES string of the molecule is CCCNC(=O)C(Cc1ccccc1)N(Cc1ccc(Br)cc1)C(=O)COc1ccc(F)cc1. The van der Waals surface area contributed by atoms with Gasteiger partial charge in [-0.05, 0) is 53.9 Å². The minimum absolute atomic E-state index is 0.210. The van der Waals surface area contributed by atoms with Crippen LogP contribution in [0.4, 0.5) is 4.39 Å². The topological polar surface area (TPSA) is 58.6 Å². The maximum Gasteiger partial charge on any atom is 0.261 e. The molecule has 0 aromatic heterocycles. The number of hydrogen-bond acceptors (Lipinski definition) is 3. The summed E-state index contributed by atoms with van der Waals surface area (Å²) in [6, 6.07) is 22.0. The van der Waals surface area contributed by atoms with Crippen molar-refractivity contribution in [3.8, 4) is 5.75 Å². The van der Waals surface area contributed by atoms with Gasteiger partial charge in [-0.1, -0.05) is 65.3 Å². The predicted molar refractivity (Wildman–Crippen MR) is 134 cm³/mol. The first-order valence-electron chi connectivity index (χ1n) is 11.2. The number of nitrogens with one attached hydrogen (secondary N) is 1. The van der Waals surface area contributed by atoms with E-state index in [1.165, 1.54) is 24.3 Å². The van der Waals surface area contributed by atoms with Gasteiger partial charge in [-0.25, -0.2) is 4.39 Å². The zero-order valence-corrected chi connectivity index (χ0v) is 20.6. The van der Waals surface area contributed by atoms with Gasteiger partial charge in [0.05, 0.1) is 0 Å². The van der Waals surface area contributed by atoms with Crippen LogP contribution in [0.15, 0.2) is 83.3 Å². The van der Waals surface area contributed by atoms with E-state index in [1.54, 1.807) is 4.90 Å². The molecule has 0 radical (unpaired) electrons. The van der Waals surface area contributed by atoms with Crippen LogP contribution in [0.1, 0.15) is 24.5 Å². The van der Waals surface area contributed by atoms with Crippen molar-refractivity contribution in [1.29, 1.82) is 0 Å². The molecule has 34 heavy (non-hydrogen) atoms. The van der Waals surface area contributed by atoms with E-state index in [9.17, 15) is 14.0 Å². The van der Waals surface area contributed by atoms with Crippen LogP contribution in [0.25, 0.3) is 0 Å². The highest BCUT2D eigenvalue weighted by atomic mass is 79.9. The van der Waals surface area contributed by atoms with E-state index in [1.807, 2.05) is 61.5 Å². The van der Waals surface area contributed by atoms with Crippen LogP contribution in [0, 0.1) is 5.82 Å². The Morgan fingerprint density at radius 3 is 2.29 bits per heavy atom. The van der Waals surface area contributed by atoms with Crippen LogP contribution >= 0.6 is 15.9 Å². The van der Waals surface area contributed by atoms with Crippen LogP contribution < -0.4 is 10.1 Å². The van der Waals surface area contributed by atoms with Crippen molar-refractivity contribution in [2.75, 3.05) is 13.2 Å². The first-order valence-corrected chi connectivity index (χ1v) is 12.0. The molecule has 0 saturated heterocycles. The number of ether oxygens (including phenoxy) is 1. The van der Waals surface area contributed by atoms with E-state index in [4.69, 9.17) is 4.74 Å². The third-order valence-corrected chi connectivity index (χ3v) is 5.79. The fourth-order valence-electron chi connectivity index (χ4n) is 3.47. The lowest BCUT2D eigenvalue weighted by molar-refractivity contribution is -0.142. The van der Waals surface area contributed by atoms with Crippen molar-refractivity contribution >= 4 is 27.7 Å². The number of carbonyl (C=O) groups is 2. The molecule has 0 aliphatic carbocycles. The summed E-state index contributed by atoms with van der Waals surface area (Å²) in [4.78, 5) is 28.2. The average molecular weight is 527 g/mol. The van der Waals surface area contributed by atoms with E-state index in [-0.39, 0.29) is 30.8 Å². The second-order valence-electron chi connectivity index (χ2n) is 7.89. The Labute approximate surface area is 208 Å². The Hall–Kier alpha value is -3.19. The maximum absolute atomic E-state index is 13.4. The van der Waals surface area contributed by atoms with Gasteiger partial charge in [0.25, 0.3) is 5.91 Å². The minimum atomic E-state index is -0.720. The van der Waals surface area contributed by atoms with Crippen molar-refractivity contribution in [2.24, 2.45) is 0 Å². The van der Waals surface area contributed by atoms with Crippen LogP contribution in [0.2, 0.25) is 0 Å². The molecule has 1 unspecified atom stereocenters. The number of hydrogen-bond donors (Lipinski definition) is 1. The lowest BCUT2D eigenvalue weighted by atomic mass is 10.0. The van der Waals surface area contributed by atoms with E-state index in [0.29, 0.717) is 18.7 Å². The van der Waals surface area contributed by atoms with Crippen LogP contribution in [0.5, 0.6) is 5.75 Å². The smallest absolute Gasteiger partial charge is 0.261 e. The third-order valence-electron chi connectivity index (χ3n) is 5.26. The summed E-state index contributed by atoms with van der Waals surface area (Å²) in [5, 5.41) is 2.94. The highest BCUT2D eigenvalue weighted by Crippen LogP contribution is 2.18. The average Bonchev–Trinajstić information content (AvgIpc) is 2.86. The Morgan fingerprint density at radius 2 is 1.65 bits per heavy atom. The summed E-state index contributed by atoms with van der Waals surface area (Å²) >= 11 is 3.43. The molecule has 3 aromatic carbocycles. The van der Waals surface area contributed by atoms with Gasteiger partial charge in [0, 0.05) is 24.0 Å². The summed E-state index contributed by atoms with van der Waals surface area (Å²) in [7, 11) is 0. The molecule has 2 amide bonds. The molecule has 1 atom stereocenters. The summed E-state index contributed by atoms with van der Waals surface area (Å²) in [6.07, 6.45) is 1.16. The van der Waals surface area contributed by atoms with Crippen molar-refractivity contribution < 1.29 is 18.7 Å². The first kappa shape index (κ1) is 25.4. The fourth-order valence-corrected chi connectivity index (χ4v) is 3.73. The monoisotopic (exact) mass is 526 g/mol. The number of amides is 2. The second-order valence-corrected chi connectivity index (χ2v) is 8.80. The third kappa shape index (κ3) is 7.70. The Bertz CT molecular complexity index is 1060. The first-order chi connectivity index (χ1) is 16.5. The Balaban J connectivity index is 1.87. The van der Waals surface area contributed by atoms with Crippen molar-refractivity contribution in [1.82, 2.24) is 10.2 Å². The fraction of sp³-hybridized carbons (Fsp3) is 0.259. The molecule has 7 heteroatoms. The number of halogens is 2. The molecule has 0 bridgehead atoms. The van der Waals surface area contributed by atoms with Gasteiger partial charge in [-0.2, -0.15) is 0 Å². The molecule has 0 spiro atoms. The van der Waals surface area contributed by atoms with Crippen molar-refractivity contribution in [3.05, 3.63) is 100 Å². The predicted octanol–water partition coefficient (Wildman–Crippen LogP) is 5.13. The number of nitrogens with zero attached hydrogens (tertiary/aromatic N) is 1. The molecule has 178 valence electrons. The lowest BCUT2D eigenvalue weighted by Gasteiger charge is -2.31. The van der Waals surface area contributed by atoms with Gasteiger partial charge in [0.15, 0.2) is 6.61 Å². The van der Waals surface area contributed by atoms with Gasteiger partial charge in [-0.15, -0.1) is 0 Å². The van der Waals surface area contributed by atoms with Gasteiger partial charge in [-0.3, -0.25) is 9.59 Å². The molecule has 0 aliphatic heterocycles. The van der Waals surface area contributed by atoms with Gasteiger partial charge < -0.3 is 15.0 Å². The lowest BCUT2D eigenvalue weighted by Crippen LogP contribution is -2.51. The standard InChI is InChI=1S/C27H28BrFN2O3/c1-2-16-30-27(33)25(17-20-6-4-3-5-7-20)31(18-21-8-10-22(28)11-9-21)26(32)19-34-24-14-12-23(29)13-15-24/h3-15,25H,2,16-19H2,1H3,(H,30,33). The molecular formula is C27H28BrFN2O3. The van der Waals surface area contributed by atoms with Crippen LogP contribution in [-0.2, 0) is 22.6 Å². The number of carbonyl (C=O) groups excluding carboxylic acids is 2. The van der Waals surface area contributed by atoms with E-state index in [2.05, 4.69) is 21.2 Å². The van der Waals surface area contributed by atoms with Crippen LogP contribution in [-0.4, -0.2) is 35.9 Å². The Kier molecular flexibility index (Phi) is 9.64. The zero-order valence-electron chi connectivity index (χ0n) is 19.0.